The molecule has 6 heteroatoms. The molecular formula is C25H28ClN3O2. The summed E-state index contributed by atoms with van der Waals surface area (Å²) in [6.45, 7) is 2.75. The molecule has 1 aromatic heterocycles. The van der Waals surface area contributed by atoms with E-state index in [0.717, 1.165) is 48.5 Å². The van der Waals surface area contributed by atoms with Crippen LogP contribution < -0.4 is 15.1 Å². The summed E-state index contributed by atoms with van der Waals surface area (Å²) in [6.07, 6.45) is 1.69. The van der Waals surface area contributed by atoms with E-state index in [2.05, 4.69) is 21.3 Å². The highest BCUT2D eigenvalue weighted by molar-refractivity contribution is 5.85. The largest absolute Gasteiger partial charge is 0.494 e. The van der Waals surface area contributed by atoms with Gasteiger partial charge in [-0.05, 0) is 49.2 Å². The third-order valence-electron chi connectivity index (χ3n) is 5.05. The van der Waals surface area contributed by atoms with Crippen LogP contribution in [0, 0.1) is 5.41 Å². The fraction of sp³-hybridized carbons (Fsp3) is 0.240. The molecule has 0 radical (unpaired) electrons. The molecule has 1 heterocycles. The fourth-order valence-corrected chi connectivity index (χ4v) is 3.61. The number of benzene rings is 3. The Kier molecular flexibility index (Phi) is 8.19. The summed E-state index contributed by atoms with van der Waals surface area (Å²) in [4.78, 5) is 0. The Bertz CT molecular complexity index is 1040. The Morgan fingerprint density at radius 2 is 0.968 bits per heavy atom. The summed E-state index contributed by atoms with van der Waals surface area (Å²) >= 11 is 0. The molecule has 0 amide bonds. The molecular weight excluding hydrogens is 410 g/mol. The first-order valence-electron chi connectivity index (χ1n) is 10.4. The molecule has 0 aliphatic carbocycles. The number of nitrogens with one attached hydrogen (secondary N) is 1. The highest BCUT2D eigenvalue weighted by Gasteiger charge is 2.10. The fourth-order valence-electron chi connectivity index (χ4n) is 3.61. The summed E-state index contributed by atoms with van der Waals surface area (Å²) in [7, 11) is 0. The maximum atomic E-state index is 8.72. The lowest BCUT2D eigenvalue weighted by Gasteiger charge is -2.08. The van der Waals surface area contributed by atoms with Crippen molar-refractivity contribution in [2.75, 3.05) is 13.2 Å². The number of ether oxygens (including phenoxy) is 2. The van der Waals surface area contributed by atoms with Gasteiger partial charge >= 0.3 is 0 Å². The lowest BCUT2D eigenvalue weighted by atomic mass is 10.3. The van der Waals surface area contributed by atoms with Gasteiger partial charge in [0.2, 0.25) is 5.62 Å². The van der Waals surface area contributed by atoms with E-state index in [1.165, 1.54) is 0 Å². The summed E-state index contributed by atoms with van der Waals surface area (Å²) in [5, 5.41) is 8.72. The first-order chi connectivity index (χ1) is 14.8. The number of para-hydroxylation sites is 4. The molecule has 4 aromatic rings. The number of imidazole rings is 1. The number of fused-ring (bicyclic) bond motifs is 1. The SMILES string of the molecule is Cl.N=c1n(CCCOc2ccccc2)c2ccccc2n1CCCOc1ccccc1. The van der Waals surface area contributed by atoms with Crippen molar-refractivity contribution in [3.8, 4) is 11.5 Å². The standard InChI is InChI=1S/C25H27N3O2.ClH/c26-25-27(17-9-19-29-21-11-3-1-4-12-21)23-15-7-8-16-24(23)28(25)18-10-20-30-22-13-5-2-6-14-22;/h1-8,11-16,26H,9-10,17-20H2;1H. The maximum absolute atomic E-state index is 8.72. The lowest BCUT2D eigenvalue weighted by Crippen LogP contribution is -2.26. The Morgan fingerprint density at radius 1 is 0.581 bits per heavy atom. The van der Waals surface area contributed by atoms with Crippen molar-refractivity contribution in [1.82, 2.24) is 9.13 Å². The normalized spacial score (nSPS) is 10.6. The van der Waals surface area contributed by atoms with Gasteiger partial charge in [-0.25, -0.2) is 0 Å². The smallest absolute Gasteiger partial charge is 0.202 e. The van der Waals surface area contributed by atoms with Gasteiger partial charge in [-0.15, -0.1) is 12.4 Å². The van der Waals surface area contributed by atoms with E-state index in [0.29, 0.717) is 18.8 Å². The highest BCUT2D eigenvalue weighted by atomic mass is 35.5. The molecule has 0 aliphatic heterocycles. The maximum Gasteiger partial charge on any atom is 0.202 e. The minimum absolute atomic E-state index is 0. The van der Waals surface area contributed by atoms with Crippen molar-refractivity contribution < 1.29 is 9.47 Å². The van der Waals surface area contributed by atoms with Crippen LogP contribution in [0.5, 0.6) is 11.5 Å². The molecule has 0 fully saturated rings. The third-order valence-corrected chi connectivity index (χ3v) is 5.05. The van der Waals surface area contributed by atoms with Crippen molar-refractivity contribution in [3.63, 3.8) is 0 Å². The second kappa shape index (κ2) is 11.3. The van der Waals surface area contributed by atoms with Crippen LogP contribution in [0.2, 0.25) is 0 Å². The number of halogens is 1. The topological polar surface area (TPSA) is 52.2 Å². The van der Waals surface area contributed by atoms with Gasteiger partial charge < -0.3 is 18.6 Å². The van der Waals surface area contributed by atoms with Gasteiger partial charge in [0.15, 0.2) is 0 Å². The van der Waals surface area contributed by atoms with Gasteiger partial charge in [-0.1, -0.05) is 48.5 Å². The van der Waals surface area contributed by atoms with Crippen LogP contribution in [-0.4, -0.2) is 22.3 Å². The molecule has 3 aromatic carbocycles. The molecule has 4 rings (SSSR count). The van der Waals surface area contributed by atoms with Crippen molar-refractivity contribution in [3.05, 3.63) is 90.5 Å². The average molecular weight is 438 g/mol. The molecule has 0 saturated heterocycles. The first kappa shape index (κ1) is 22.5. The van der Waals surface area contributed by atoms with E-state index in [1.54, 1.807) is 0 Å². The molecule has 1 N–H and O–H groups in total. The monoisotopic (exact) mass is 437 g/mol. The van der Waals surface area contributed by atoms with Crippen molar-refractivity contribution in [1.29, 1.82) is 5.41 Å². The van der Waals surface area contributed by atoms with Crippen LogP contribution >= 0.6 is 12.4 Å². The highest BCUT2D eigenvalue weighted by Crippen LogP contribution is 2.15. The molecule has 162 valence electrons. The molecule has 5 nitrogen and oxygen atoms in total. The van der Waals surface area contributed by atoms with Gasteiger partial charge in [0.25, 0.3) is 0 Å². The Balaban J connectivity index is 0.00000272. The summed E-state index contributed by atoms with van der Waals surface area (Å²) in [5.41, 5.74) is 2.70. The zero-order valence-corrected chi connectivity index (χ0v) is 18.3. The summed E-state index contributed by atoms with van der Waals surface area (Å²) in [6, 6.07) is 27.9. The third kappa shape index (κ3) is 5.70. The molecule has 0 spiro atoms. The predicted molar refractivity (Wildman–Crippen MR) is 126 cm³/mol. The molecule has 0 unspecified atom stereocenters. The quantitative estimate of drug-likeness (QED) is 0.343. The van der Waals surface area contributed by atoms with Crippen LogP contribution in [-0.2, 0) is 13.1 Å². The Morgan fingerprint density at radius 3 is 1.39 bits per heavy atom. The van der Waals surface area contributed by atoms with Gasteiger partial charge in [-0.2, -0.15) is 0 Å². The van der Waals surface area contributed by atoms with Crippen LogP contribution in [0.3, 0.4) is 0 Å². The second-order valence-corrected chi connectivity index (χ2v) is 7.15. The number of nitrogens with zero attached hydrogens (tertiary/aromatic N) is 2. The number of aromatic nitrogens is 2. The minimum Gasteiger partial charge on any atom is -0.494 e. The zero-order valence-electron chi connectivity index (χ0n) is 17.4. The van der Waals surface area contributed by atoms with Crippen molar-refractivity contribution >= 4 is 23.4 Å². The predicted octanol–water partition coefficient (Wildman–Crippen LogP) is 5.28. The zero-order chi connectivity index (χ0) is 20.6. The van der Waals surface area contributed by atoms with E-state index in [4.69, 9.17) is 14.9 Å². The van der Waals surface area contributed by atoms with E-state index in [-0.39, 0.29) is 12.4 Å². The number of aryl methyl sites for hydroxylation is 2. The molecule has 0 atom stereocenters. The molecule has 0 aliphatic rings. The second-order valence-electron chi connectivity index (χ2n) is 7.15. The van der Waals surface area contributed by atoms with Gasteiger partial charge in [-0.3, -0.25) is 5.41 Å². The lowest BCUT2D eigenvalue weighted by molar-refractivity contribution is 0.297. The molecule has 0 saturated carbocycles. The van der Waals surface area contributed by atoms with E-state index in [9.17, 15) is 0 Å². The molecule has 0 bridgehead atoms. The number of hydrogen-bond donors (Lipinski definition) is 1. The summed E-state index contributed by atoms with van der Waals surface area (Å²) < 4.78 is 15.8. The minimum atomic E-state index is 0. The Labute approximate surface area is 188 Å². The van der Waals surface area contributed by atoms with E-state index < -0.39 is 0 Å². The van der Waals surface area contributed by atoms with Crippen LogP contribution in [0.15, 0.2) is 84.9 Å². The number of hydrogen-bond acceptors (Lipinski definition) is 3. The van der Waals surface area contributed by atoms with Crippen molar-refractivity contribution in [2.24, 2.45) is 0 Å². The first-order valence-corrected chi connectivity index (χ1v) is 10.4. The molecule has 31 heavy (non-hydrogen) atoms. The number of rotatable bonds is 10. The van der Waals surface area contributed by atoms with Gasteiger partial charge in [0.1, 0.15) is 11.5 Å². The Hall–Kier alpha value is -3.18. The van der Waals surface area contributed by atoms with Crippen molar-refractivity contribution in [2.45, 2.75) is 25.9 Å². The van der Waals surface area contributed by atoms with E-state index in [1.807, 2.05) is 72.8 Å². The van der Waals surface area contributed by atoms with Crippen LogP contribution in [0.1, 0.15) is 12.8 Å². The average Bonchev–Trinajstić information content (AvgIpc) is 3.06. The summed E-state index contributed by atoms with van der Waals surface area (Å²) in [5.74, 6) is 1.77. The van der Waals surface area contributed by atoms with Crippen LogP contribution in [0.4, 0.5) is 0 Å². The van der Waals surface area contributed by atoms with Gasteiger partial charge in [0.05, 0.1) is 24.2 Å². The van der Waals surface area contributed by atoms with Crippen LogP contribution in [0.25, 0.3) is 11.0 Å². The van der Waals surface area contributed by atoms with E-state index >= 15 is 0 Å². The van der Waals surface area contributed by atoms with Gasteiger partial charge in [0, 0.05) is 13.1 Å².